The number of carbonyl (C=O) groups is 2. The van der Waals surface area contributed by atoms with E-state index < -0.39 is 0 Å². The first-order chi connectivity index (χ1) is 12.3. The Bertz CT molecular complexity index is 847. The van der Waals surface area contributed by atoms with E-state index in [1.54, 1.807) is 30.3 Å². The molecule has 0 aromatic heterocycles. The fraction of sp³-hybridized carbons (Fsp3) is 0.250. The first kappa shape index (κ1) is 19.6. The highest BCUT2D eigenvalue weighted by atomic mass is 32.1. The van der Waals surface area contributed by atoms with E-state index in [9.17, 15) is 9.59 Å². The fourth-order valence-electron chi connectivity index (χ4n) is 2.18. The highest BCUT2D eigenvalue weighted by Gasteiger charge is 2.10. The third-order valence-corrected chi connectivity index (χ3v) is 4.11. The van der Waals surface area contributed by atoms with Crippen molar-refractivity contribution in [2.75, 3.05) is 10.6 Å². The van der Waals surface area contributed by atoms with Gasteiger partial charge in [-0.05, 0) is 67.5 Å². The average molecular weight is 369 g/mol. The lowest BCUT2D eigenvalue weighted by Gasteiger charge is -2.12. The van der Waals surface area contributed by atoms with Gasteiger partial charge in [-0.3, -0.25) is 14.9 Å². The molecule has 6 heteroatoms. The second-order valence-electron chi connectivity index (χ2n) is 6.43. The zero-order chi connectivity index (χ0) is 19.3. The van der Waals surface area contributed by atoms with Gasteiger partial charge in [0.25, 0.3) is 5.91 Å². The Morgan fingerprint density at radius 2 is 1.58 bits per heavy atom. The number of anilines is 2. The minimum absolute atomic E-state index is 0.0622. The van der Waals surface area contributed by atoms with Gasteiger partial charge in [0.2, 0.25) is 5.91 Å². The van der Waals surface area contributed by atoms with Gasteiger partial charge in [-0.25, -0.2) is 0 Å². The molecule has 0 aliphatic carbocycles. The molecule has 0 heterocycles. The number of thiocarbonyl (C=S) groups is 1. The third-order valence-electron chi connectivity index (χ3n) is 3.91. The topological polar surface area (TPSA) is 70.2 Å². The zero-order valence-corrected chi connectivity index (χ0v) is 16.2. The predicted molar refractivity (Wildman–Crippen MR) is 110 cm³/mol. The SMILES string of the molecule is Cc1ccc(C(=O)NC(=S)Nc2cccc(NC(=O)C(C)C)c2)cc1C. The number of aryl methyl sites for hydroxylation is 2. The van der Waals surface area contributed by atoms with Crippen LogP contribution in [0.15, 0.2) is 42.5 Å². The summed E-state index contributed by atoms with van der Waals surface area (Å²) in [4.78, 5) is 24.1. The van der Waals surface area contributed by atoms with Crippen LogP contribution in [0.4, 0.5) is 11.4 Å². The molecule has 0 aliphatic heterocycles. The summed E-state index contributed by atoms with van der Waals surface area (Å²) in [7, 11) is 0. The standard InChI is InChI=1S/C20H23N3O2S/c1-12(2)18(24)21-16-6-5-7-17(11-16)22-20(26)23-19(25)15-9-8-13(3)14(4)10-15/h5-12H,1-4H3,(H,21,24)(H2,22,23,25,26). The van der Waals surface area contributed by atoms with Gasteiger partial charge in [0.05, 0.1) is 0 Å². The number of nitrogens with one attached hydrogen (secondary N) is 3. The maximum Gasteiger partial charge on any atom is 0.257 e. The van der Waals surface area contributed by atoms with Crippen molar-refractivity contribution in [2.45, 2.75) is 27.7 Å². The molecule has 26 heavy (non-hydrogen) atoms. The molecular formula is C20H23N3O2S. The van der Waals surface area contributed by atoms with Crippen molar-refractivity contribution >= 4 is 40.5 Å². The second kappa shape index (κ2) is 8.58. The highest BCUT2D eigenvalue weighted by Crippen LogP contribution is 2.16. The minimum Gasteiger partial charge on any atom is -0.332 e. The number of amides is 2. The Morgan fingerprint density at radius 3 is 2.19 bits per heavy atom. The molecule has 2 amide bonds. The Hall–Kier alpha value is -2.73. The Balaban J connectivity index is 2.00. The van der Waals surface area contributed by atoms with Crippen LogP contribution in [0.2, 0.25) is 0 Å². The van der Waals surface area contributed by atoms with Gasteiger partial charge in [-0.1, -0.05) is 26.0 Å². The number of hydrogen-bond donors (Lipinski definition) is 3. The van der Waals surface area contributed by atoms with E-state index in [0.29, 0.717) is 16.9 Å². The van der Waals surface area contributed by atoms with E-state index in [1.807, 2.05) is 39.8 Å². The molecule has 0 aliphatic rings. The molecule has 2 aromatic rings. The summed E-state index contributed by atoms with van der Waals surface area (Å²) in [6, 6.07) is 12.7. The summed E-state index contributed by atoms with van der Waals surface area (Å²) >= 11 is 5.21. The Morgan fingerprint density at radius 1 is 0.923 bits per heavy atom. The molecule has 0 saturated heterocycles. The van der Waals surface area contributed by atoms with E-state index in [0.717, 1.165) is 11.1 Å². The summed E-state index contributed by atoms with van der Waals surface area (Å²) in [5, 5.41) is 8.64. The van der Waals surface area contributed by atoms with Gasteiger partial charge < -0.3 is 10.6 Å². The van der Waals surface area contributed by atoms with Crippen LogP contribution in [0.1, 0.15) is 35.3 Å². The van der Waals surface area contributed by atoms with Crippen molar-refractivity contribution < 1.29 is 9.59 Å². The van der Waals surface area contributed by atoms with E-state index in [-0.39, 0.29) is 22.8 Å². The van der Waals surface area contributed by atoms with Crippen LogP contribution < -0.4 is 16.0 Å². The summed E-state index contributed by atoms with van der Waals surface area (Å²) in [6.45, 7) is 7.61. The van der Waals surface area contributed by atoms with Gasteiger partial charge >= 0.3 is 0 Å². The van der Waals surface area contributed by atoms with Crippen LogP contribution in [0.5, 0.6) is 0 Å². The Labute approximate surface area is 159 Å². The molecule has 2 rings (SSSR count). The molecule has 0 bridgehead atoms. The van der Waals surface area contributed by atoms with Crippen molar-refractivity contribution in [3.8, 4) is 0 Å². The largest absolute Gasteiger partial charge is 0.332 e. The van der Waals surface area contributed by atoms with Crippen molar-refractivity contribution in [3.05, 3.63) is 59.2 Å². The van der Waals surface area contributed by atoms with E-state index in [1.165, 1.54) is 0 Å². The second-order valence-corrected chi connectivity index (χ2v) is 6.84. The lowest BCUT2D eigenvalue weighted by Crippen LogP contribution is -2.34. The predicted octanol–water partition coefficient (Wildman–Crippen LogP) is 4.02. The average Bonchev–Trinajstić information content (AvgIpc) is 2.57. The summed E-state index contributed by atoms with van der Waals surface area (Å²) < 4.78 is 0. The summed E-state index contributed by atoms with van der Waals surface area (Å²) in [6.07, 6.45) is 0. The minimum atomic E-state index is -0.269. The molecule has 0 fully saturated rings. The number of rotatable bonds is 4. The lowest BCUT2D eigenvalue weighted by molar-refractivity contribution is -0.118. The van der Waals surface area contributed by atoms with Crippen LogP contribution in [-0.4, -0.2) is 16.9 Å². The molecule has 0 atom stereocenters. The number of benzene rings is 2. The van der Waals surface area contributed by atoms with Gasteiger partial charge in [0.15, 0.2) is 5.11 Å². The van der Waals surface area contributed by atoms with Gasteiger partial charge in [0, 0.05) is 22.9 Å². The van der Waals surface area contributed by atoms with Crippen molar-refractivity contribution in [2.24, 2.45) is 5.92 Å². The molecule has 2 aromatic carbocycles. The number of hydrogen-bond acceptors (Lipinski definition) is 3. The van der Waals surface area contributed by atoms with Crippen molar-refractivity contribution in [3.63, 3.8) is 0 Å². The summed E-state index contributed by atoms with van der Waals surface area (Å²) in [5.74, 6) is -0.437. The number of carbonyl (C=O) groups excluding carboxylic acids is 2. The highest BCUT2D eigenvalue weighted by molar-refractivity contribution is 7.80. The van der Waals surface area contributed by atoms with Crippen molar-refractivity contribution in [1.82, 2.24) is 5.32 Å². The van der Waals surface area contributed by atoms with Crippen LogP contribution >= 0.6 is 12.2 Å². The van der Waals surface area contributed by atoms with E-state index in [2.05, 4.69) is 16.0 Å². The molecular weight excluding hydrogens is 346 g/mol. The molecule has 0 radical (unpaired) electrons. The molecule has 0 spiro atoms. The molecule has 0 saturated carbocycles. The molecule has 3 N–H and O–H groups in total. The summed E-state index contributed by atoms with van der Waals surface area (Å²) in [5.41, 5.74) is 4.07. The van der Waals surface area contributed by atoms with Crippen LogP contribution in [-0.2, 0) is 4.79 Å². The molecule has 0 unspecified atom stereocenters. The maximum absolute atomic E-state index is 12.3. The van der Waals surface area contributed by atoms with Crippen LogP contribution in [0.25, 0.3) is 0 Å². The van der Waals surface area contributed by atoms with Crippen LogP contribution in [0.3, 0.4) is 0 Å². The van der Waals surface area contributed by atoms with Crippen LogP contribution in [0, 0.1) is 19.8 Å². The van der Waals surface area contributed by atoms with Crippen molar-refractivity contribution in [1.29, 1.82) is 0 Å². The van der Waals surface area contributed by atoms with E-state index >= 15 is 0 Å². The molecule has 136 valence electrons. The monoisotopic (exact) mass is 369 g/mol. The van der Waals surface area contributed by atoms with E-state index in [4.69, 9.17) is 12.2 Å². The first-order valence-corrected chi connectivity index (χ1v) is 8.77. The normalized spacial score (nSPS) is 10.3. The quantitative estimate of drug-likeness (QED) is 0.712. The first-order valence-electron chi connectivity index (χ1n) is 8.37. The van der Waals surface area contributed by atoms with Gasteiger partial charge in [0.1, 0.15) is 0 Å². The smallest absolute Gasteiger partial charge is 0.257 e. The Kier molecular flexibility index (Phi) is 6.46. The zero-order valence-electron chi connectivity index (χ0n) is 15.3. The fourth-order valence-corrected chi connectivity index (χ4v) is 2.39. The third kappa shape index (κ3) is 5.39. The maximum atomic E-state index is 12.3. The van der Waals surface area contributed by atoms with Gasteiger partial charge in [-0.2, -0.15) is 0 Å². The van der Waals surface area contributed by atoms with Gasteiger partial charge in [-0.15, -0.1) is 0 Å². The lowest BCUT2D eigenvalue weighted by atomic mass is 10.1. The molecule has 5 nitrogen and oxygen atoms in total.